The number of nitrogens with two attached hydrogens (primary N) is 1. The van der Waals surface area contributed by atoms with Crippen molar-refractivity contribution in [2.24, 2.45) is 11.8 Å². The van der Waals surface area contributed by atoms with Crippen LogP contribution in [0, 0.1) is 5.92 Å². The van der Waals surface area contributed by atoms with E-state index in [-0.39, 0.29) is 0 Å². The molecule has 4 heteroatoms. The van der Waals surface area contributed by atoms with Gasteiger partial charge in [0, 0.05) is 31.7 Å². The van der Waals surface area contributed by atoms with E-state index in [0.717, 1.165) is 25.6 Å². The predicted octanol–water partition coefficient (Wildman–Crippen LogP) is 0.890. The smallest absolute Gasteiger partial charge is 0.0387 e. The Kier molecular flexibility index (Phi) is 6.41. The van der Waals surface area contributed by atoms with Crippen molar-refractivity contribution in [2.45, 2.75) is 45.2 Å². The summed E-state index contributed by atoms with van der Waals surface area (Å²) < 4.78 is 0. The lowest BCUT2D eigenvalue weighted by Crippen LogP contribution is -2.59. The molecule has 3 N–H and O–H groups in total. The SMILES string of the molecule is CC(C)CCCC(NN)C1CN(C)CCN1C. The van der Waals surface area contributed by atoms with Crippen LogP contribution in [0.4, 0.5) is 0 Å². The fourth-order valence-electron chi connectivity index (χ4n) is 2.61. The van der Waals surface area contributed by atoms with Crippen LogP contribution in [0.2, 0.25) is 0 Å². The fraction of sp³-hybridized carbons (Fsp3) is 1.00. The molecule has 1 fully saturated rings. The average Bonchev–Trinajstić information content (AvgIpc) is 2.28. The second-order valence-electron chi connectivity index (χ2n) is 5.91. The van der Waals surface area contributed by atoms with E-state index in [0.29, 0.717) is 12.1 Å². The second kappa shape index (κ2) is 7.31. The van der Waals surface area contributed by atoms with Crippen LogP contribution in [-0.4, -0.2) is 55.6 Å². The Balaban J connectivity index is 2.41. The number of hydrazine groups is 1. The maximum Gasteiger partial charge on any atom is 0.0387 e. The van der Waals surface area contributed by atoms with Gasteiger partial charge in [-0.1, -0.05) is 26.7 Å². The van der Waals surface area contributed by atoms with Crippen molar-refractivity contribution in [3.05, 3.63) is 0 Å². The molecule has 0 spiro atoms. The first kappa shape index (κ1) is 14.9. The number of hydrogen-bond donors (Lipinski definition) is 2. The standard InChI is InChI=1S/C13H30N4/c1-11(2)6-5-7-12(15-14)13-10-16(3)8-9-17(13)4/h11-13,15H,5-10,14H2,1-4H3. The van der Waals surface area contributed by atoms with E-state index in [1.807, 2.05) is 0 Å². The third-order valence-corrected chi connectivity index (χ3v) is 3.87. The van der Waals surface area contributed by atoms with Crippen LogP contribution in [0.3, 0.4) is 0 Å². The minimum absolute atomic E-state index is 0.418. The normalized spacial score (nSPS) is 25.4. The van der Waals surface area contributed by atoms with E-state index >= 15 is 0 Å². The highest BCUT2D eigenvalue weighted by Crippen LogP contribution is 2.16. The Bertz CT molecular complexity index is 208. The lowest BCUT2D eigenvalue weighted by Gasteiger charge is -2.41. The molecule has 1 aliphatic rings. The van der Waals surface area contributed by atoms with Crippen LogP contribution in [0.25, 0.3) is 0 Å². The third kappa shape index (κ3) is 4.92. The highest BCUT2D eigenvalue weighted by atomic mass is 15.3. The summed E-state index contributed by atoms with van der Waals surface area (Å²) in [5, 5.41) is 0. The number of nitrogens with one attached hydrogen (secondary N) is 1. The van der Waals surface area contributed by atoms with Crippen LogP contribution >= 0.6 is 0 Å². The van der Waals surface area contributed by atoms with Crippen molar-refractivity contribution in [3.63, 3.8) is 0 Å². The largest absolute Gasteiger partial charge is 0.303 e. The van der Waals surface area contributed by atoms with E-state index < -0.39 is 0 Å². The molecule has 1 rings (SSSR count). The summed E-state index contributed by atoms with van der Waals surface area (Å²) in [5.74, 6) is 6.52. The number of rotatable bonds is 6. The van der Waals surface area contributed by atoms with Gasteiger partial charge < -0.3 is 4.90 Å². The summed E-state index contributed by atoms with van der Waals surface area (Å²) in [4.78, 5) is 4.84. The molecule has 2 unspecified atom stereocenters. The molecule has 102 valence electrons. The van der Waals surface area contributed by atoms with Gasteiger partial charge in [0.1, 0.15) is 0 Å². The Hall–Kier alpha value is -0.160. The van der Waals surface area contributed by atoms with E-state index in [2.05, 4.69) is 43.2 Å². The molecule has 17 heavy (non-hydrogen) atoms. The molecule has 0 aromatic carbocycles. The Morgan fingerprint density at radius 2 is 1.94 bits per heavy atom. The van der Waals surface area contributed by atoms with Crippen molar-refractivity contribution < 1.29 is 0 Å². The topological polar surface area (TPSA) is 44.5 Å². The summed E-state index contributed by atoms with van der Waals surface area (Å²) in [6.45, 7) is 7.99. The van der Waals surface area contributed by atoms with Crippen molar-refractivity contribution in [1.82, 2.24) is 15.2 Å². The van der Waals surface area contributed by atoms with Crippen LogP contribution in [0.5, 0.6) is 0 Å². The number of piperazine rings is 1. The number of hydrogen-bond acceptors (Lipinski definition) is 4. The fourth-order valence-corrected chi connectivity index (χ4v) is 2.61. The van der Waals surface area contributed by atoms with Gasteiger partial charge in [0.15, 0.2) is 0 Å². The Labute approximate surface area is 106 Å². The molecule has 4 nitrogen and oxygen atoms in total. The van der Waals surface area contributed by atoms with E-state index in [9.17, 15) is 0 Å². The predicted molar refractivity (Wildman–Crippen MR) is 73.7 cm³/mol. The van der Waals surface area contributed by atoms with Gasteiger partial charge in [0.05, 0.1) is 0 Å². The molecule has 0 saturated carbocycles. The molecule has 0 aromatic rings. The Morgan fingerprint density at radius 3 is 2.53 bits per heavy atom. The molecule has 0 bridgehead atoms. The first-order valence-electron chi connectivity index (χ1n) is 6.89. The van der Waals surface area contributed by atoms with E-state index in [1.165, 1.54) is 19.3 Å². The van der Waals surface area contributed by atoms with E-state index in [4.69, 9.17) is 5.84 Å². The van der Waals surface area contributed by atoms with Gasteiger partial charge in [-0.25, -0.2) is 0 Å². The molecule has 0 aromatic heterocycles. The van der Waals surface area contributed by atoms with E-state index in [1.54, 1.807) is 0 Å². The highest BCUT2D eigenvalue weighted by Gasteiger charge is 2.28. The monoisotopic (exact) mass is 242 g/mol. The van der Waals surface area contributed by atoms with Crippen LogP contribution in [0.1, 0.15) is 33.1 Å². The average molecular weight is 242 g/mol. The van der Waals surface area contributed by atoms with Crippen LogP contribution in [0.15, 0.2) is 0 Å². The van der Waals surface area contributed by atoms with Gasteiger partial charge in [-0.3, -0.25) is 16.2 Å². The molecule has 0 amide bonds. The molecule has 2 atom stereocenters. The van der Waals surface area contributed by atoms with Crippen molar-refractivity contribution in [1.29, 1.82) is 0 Å². The summed E-state index contributed by atoms with van der Waals surface area (Å²) in [5.41, 5.74) is 3.03. The summed E-state index contributed by atoms with van der Waals surface area (Å²) in [6, 6.07) is 0.965. The Morgan fingerprint density at radius 1 is 1.24 bits per heavy atom. The second-order valence-corrected chi connectivity index (χ2v) is 5.91. The molecule has 0 radical (unpaired) electrons. The molecule has 0 aliphatic carbocycles. The zero-order valence-corrected chi connectivity index (χ0v) is 11.9. The number of likely N-dealkylation sites (N-methyl/N-ethyl adjacent to an activating group) is 2. The van der Waals surface area contributed by atoms with Crippen molar-refractivity contribution in [3.8, 4) is 0 Å². The van der Waals surface area contributed by atoms with Gasteiger partial charge in [0.2, 0.25) is 0 Å². The zero-order valence-electron chi connectivity index (χ0n) is 11.9. The molecular weight excluding hydrogens is 212 g/mol. The lowest BCUT2D eigenvalue weighted by atomic mass is 9.96. The minimum atomic E-state index is 0.418. The summed E-state index contributed by atoms with van der Waals surface area (Å²) >= 11 is 0. The van der Waals surface area contributed by atoms with Gasteiger partial charge in [-0.15, -0.1) is 0 Å². The van der Waals surface area contributed by atoms with Crippen molar-refractivity contribution in [2.75, 3.05) is 33.7 Å². The summed E-state index contributed by atoms with van der Waals surface area (Å²) in [7, 11) is 4.41. The third-order valence-electron chi connectivity index (χ3n) is 3.87. The lowest BCUT2D eigenvalue weighted by molar-refractivity contribution is 0.0843. The van der Waals surface area contributed by atoms with Crippen LogP contribution in [-0.2, 0) is 0 Å². The zero-order chi connectivity index (χ0) is 12.8. The summed E-state index contributed by atoms with van der Waals surface area (Å²) in [6.07, 6.45) is 3.74. The molecule has 1 heterocycles. The minimum Gasteiger partial charge on any atom is -0.303 e. The van der Waals surface area contributed by atoms with Gasteiger partial charge >= 0.3 is 0 Å². The van der Waals surface area contributed by atoms with Crippen LogP contribution < -0.4 is 11.3 Å². The molecule has 1 saturated heterocycles. The van der Waals surface area contributed by atoms with Crippen molar-refractivity contribution >= 4 is 0 Å². The first-order chi connectivity index (χ1) is 8.04. The van der Waals surface area contributed by atoms with Gasteiger partial charge in [-0.2, -0.15) is 0 Å². The highest BCUT2D eigenvalue weighted by molar-refractivity contribution is 4.87. The maximum atomic E-state index is 5.73. The first-order valence-corrected chi connectivity index (χ1v) is 6.89. The molecule has 1 aliphatic heterocycles. The number of nitrogens with zero attached hydrogens (tertiary/aromatic N) is 2. The molecular formula is C13H30N4. The van der Waals surface area contributed by atoms with Gasteiger partial charge in [0.25, 0.3) is 0 Å². The maximum absolute atomic E-state index is 5.73. The van der Waals surface area contributed by atoms with Gasteiger partial charge in [-0.05, 0) is 26.4 Å². The quantitative estimate of drug-likeness (QED) is 0.536.